The third-order valence-corrected chi connectivity index (χ3v) is 3.80. The molecule has 0 amide bonds. The Morgan fingerprint density at radius 3 is 2.90 bits per heavy atom. The Balaban J connectivity index is 1.70. The van der Waals surface area contributed by atoms with Gasteiger partial charge in [0.25, 0.3) is 5.89 Å². The lowest BCUT2D eigenvalue weighted by molar-refractivity contribution is 0.0307. The number of nitrogens with zero attached hydrogens (tertiary/aromatic N) is 2. The average molecular weight is 294 g/mol. The van der Waals surface area contributed by atoms with Gasteiger partial charge in [-0.1, -0.05) is 35.0 Å². The Kier molecular flexibility index (Phi) is 4.00. The number of rotatable bonds is 4. The number of halogens is 1. The predicted molar refractivity (Wildman–Crippen MR) is 74.5 cm³/mol. The predicted octanol–water partition coefficient (Wildman–Crippen LogP) is 2.49. The fourth-order valence-electron chi connectivity index (χ4n) is 2.34. The van der Waals surface area contributed by atoms with Crippen molar-refractivity contribution in [2.75, 3.05) is 6.54 Å². The van der Waals surface area contributed by atoms with Crippen LogP contribution in [0.1, 0.15) is 36.2 Å². The van der Waals surface area contributed by atoms with Gasteiger partial charge in [0.1, 0.15) is 6.10 Å². The van der Waals surface area contributed by atoms with E-state index < -0.39 is 0 Å². The number of aromatic nitrogens is 2. The highest BCUT2D eigenvalue weighted by molar-refractivity contribution is 6.31. The maximum atomic E-state index is 6.12. The first-order valence-electron chi connectivity index (χ1n) is 6.67. The van der Waals surface area contributed by atoms with Crippen LogP contribution in [0.2, 0.25) is 5.02 Å². The molecular formula is C14H16ClN3O2. The minimum Gasteiger partial charge on any atom is -0.364 e. The third-order valence-electron chi connectivity index (χ3n) is 3.44. The average Bonchev–Trinajstić information content (AvgIpc) is 3.10. The van der Waals surface area contributed by atoms with Gasteiger partial charge >= 0.3 is 0 Å². The van der Waals surface area contributed by atoms with Gasteiger partial charge in [0.2, 0.25) is 0 Å². The van der Waals surface area contributed by atoms with Crippen LogP contribution >= 0.6 is 11.6 Å². The van der Waals surface area contributed by atoms with Gasteiger partial charge in [-0.05, 0) is 24.5 Å². The normalized spacial score (nSPS) is 22.3. The SMILES string of the molecule is NC[C@H]1CC[C@H](c2nc(Cc3ccccc3Cl)no2)O1. The Morgan fingerprint density at radius 1 is 1.30 bits per heavy atom. The van der Waals surface area contributed by atoms with Crippen molar-refractivity contribution >= 4 is 11.6 Å². The third kappa shape index (κ3) is 2.85. The molecule has 0 bridgehead atoms. The van der Waals surface area contributed by atoms with E-state index in [0.717, 1.165) is 18.4 Å². The Bertz CT molecular complexity index is 587. The van der Waals surface area contributed by atoms with Crippen LogP contribution in [0.4, 0.5) is 0 Å². The van der Waals surface area contributed by atoms with Crippen molar-refractivity contribution in [2.45, 2.75) is 31.5 Å². The van der Waals surface area contributed by atoms with Crippen LogP contribution in [0, 0.1) is 0 Å². The van der Waals surface area contributed by atoms with Crippen molar-refractivity contribution in [3.63, 3.8) is 0 Å². The van der Waals surface area contributed by atoms with E-state index in [0.29, 0.717) is 29.7 Å². The summed E-state index contributed by atoms with van der Waals surface area (Å²) in [5, 5.41) is 4.70. The number of ether oxygens (including phenoxy) is 1. The lowest BCUT2D eigenvalue weighted by Crippen LogP contribution is -2.18. The molecule has 1 fully saturated rings. The first-order valence-corrected chi connectivity index (χ1v) is 7.05. The van der Waals surface area contributed by atoms with Gasteiger partial charge in [-0.2, -0.15) is 4.98 Å². The largest absolute Gasteiger partial charge is 0.364 e. The molecule has 1 aliphatic rings. The molecule has 5 nitrogen and oxygen atoms in total. The number of hydrogen-bond acceptors (Lipinski definition) is 5. The van der Waals surface area contributed by atoms with Crippen molar-refractivity contribution in [3.8, 4) is 0 Å². The summed E-state index contributed by atoms with van der Waals surface area (Å²) in [7, 11) is 0. The van der Waals surface area contributed by atoms with Gasteiger partial charge in [0.05, 0.1) is 6.10 Å². The highest BCUT2D eigenvalue weighted by Gasteiger charge is 2.29. The second kappa shape index (κ2) is 5.91. The molecular weight excluding hydrogens is 278 g/mol. The molecule has 0 radical (unpaired) electrons. The number of nitrogens with two attached hydrogens (primary N) is 1. The van der Waals surface area contributed by atoms with E-state index in [2.05, 4.69) is 10.1 Å². The van der Waals surface area contributed by atoms with Crippen molar-refractivity contribution in [2.24, 2.45) is 5.73 Å². The van der Waals surface area contributed by atoms with E-state index in [1.165, 1.54) is 0 Å². The zero-order valence-corrected chi connectivity index (χ0v) is 11.7. The quantitative estimate of drug-likeness (QED) is 0.937. The van der Waals surface area contributed by atoms with E-state index in [9.17, 15) is 0 Å². The molecule has 0 saturated carbocycles. The summed E-state index contributed by atoms with van der Waals surface area (Å²) in [6, 6.07) is 7.64. The molecule has 1 aromatic heterocycles. The van der Waals surface area contributed by atoms with E-state index in [4.69, 9.17) is 26.6 Å². The van der Waals surface area contributed by atoms with Crippen LogP contribution < -0.4 is 5.73 Å². The van der Waals surface area contributed by atoms with Crippen LogP contribution in [-0.4, -0.2) is 22.8 Å². The Hall–Kier alpha value is -1.43. The summed E-state index contributed by atoms with van der Waals surface area (Å²) < 4.78 is 11.0. The second-order valence-electron chi connectivity index (χ2n) is 4.88. The van der Waals surface area contributed by atoms with Crippen molar-refractivity contribution in [1.82, 2.24) is 10.1 Å². The van der Waals surface area contributed by atoms with Crippen LogP contribution in [0.15, 0.2) is 28.8 Å². The Labute approximate surface area is 122 Å². The zero-order chi connectivity index (χ0) is 13.9. The highest BCUT2D eigenvalue weighted by Crippen LogP contribution is 2.31. The lowest BCUT2D eigenvalue weighted by atomic mass is 10.1. The molecule has 2 aromatic rings. The minimum absolute atomic E-state index is 0.0962. The maximum Gasteiger partial charge on any atom is 0.255 e. The van der Waals surface area contributed by atoms with E-state index in [-0.39, 0.29) is 12.2 Å². The van der Waals surface area contributed by atoms with Gasteiger partial charge in [-0.25, -0.2) is 0 Å². The smallest absolute Gasteiger partial charge is 0.255 e. The molecule has 2 heterocycles. The molecule has 1 saturated heterocycles. The van der Waals surface area contributed by atoms with E-state index >= 15 is 0 Å². The molecule has 3 rings (SSSR count). The fourth-order valence-corrected chi connectivity index (χ4v) is 2.55. The Morgan fingerprint density at radius 2 is 2.15 bits per heavy atom. The summed E-state index contributed by atoms with van der Waals surface area (Å²) in [6.45, 7) is 0.525. The van der Waals surface area contributed by atoms with Crippen LogP contribution in [-0.2, 0) is 11.2 Å². The monoisotopic (exact) mass is 293 g/mol. The van der Waals surface area contributed by atoms with Crippen molar-refractivity contribution in [3.05, 3.63) is 46.6 Å². The molecule has 1 aromatic carbocycles. The van der Waals surface area contributed by atoms with Gasteiger partial charge in [0.15, 0.2) is 5.82 Å². The molecule has 6 heteroatoms. The summed E-state index contributed by atoms with van der Waals surface area (Å²) in [5.74, 6) is 1.15. The molecule has 0 spiro atoms. The highest BCUT2D eigenvalue weighted by atomic mass is 35.5. The first kappa shape index (κ1) is 13.5. The standard InChI is InChI=1S/C14H16ClN3O2/c15-11-4-2-1-3-9(11)7-13-17-14(20-18-13)12-6-5-10(8-16)19-12/h1-4,10,12H,5-8,16H2/t10-,12-/m1/s1. The number of benzene rings is 1. The summed E-state index contributed by atoms with van der Waals surface area (Å²) in [4.78, 5) is 4.40. The molecule has 20 heavy (non-hydrogen) atoms. The topological polar surface area (TPSA) is 74.2 Å². The summed E-state index contributed by atoms with van der Waals surface area (Å²) >= 11 is 6.12. The van der Waals surface area contributed by atoms with Crippen LogP contribution in [0.5, 0.6) is 0 Å². The van der Waals surface area contributed by atoms with E-state index in [1.807, 2.05) is 24.3 Å². The molecule has 1 aliphatic heterocycles. The lowest BCUT2D eigenvalue weighted by Gasteiger charge is -2.07. The van der Waals surface area contributed by atoms with Crippen LogP contribution in [0.3, 0.4) is 0 Å². The van der Waals surface area contributed by atoms with Crippen molar-refractivity contribution < 1.29 is 9.26 Å². The molecule has 0 unspecified atom stereocenters. The molecule has 2 atom stereocenters. The van der Waals surface area contributed by atoms with Crippen molar-refractivity contribution in [1.29, 1.82) is 0 Å². The second-order valence-corrected chi connectivity index (χ2v) is 5.28. The summed E-state index contributed by atoms with van der Waals surface area (Å²) in [5.41, 5.74) is 6.57. The zero-order valence-electron chi connectivity index (χ0n) is 11.0. The summed E-state index contributed by atoms with van der Waals surface area (Å²) in [6.07, 6.45) is 2.32. The number of hydrogen-bond donors (Lipinski definition) is 1. The van der Waals surface area contributed by atoms with Gasteiger partial charge in [-0.3, -0.25) is 0 Å². The van der Waals surface area contributed by atoms with Crippen LogP contribution in [0.25, 0.3) is 0 Å². The maximum absolute atomic E-state index is 6.12. The molecule has 2 N–H and O–H groups in total. The van der Waals surface area contributed by atoms with Gasteiger partial charge in [-0.15, -0.1) is 0 Å². The first-order chi connectivity index (χ1) is 9.76. The van der Waals surface area contributed by atoms with Gasteiger partial charge in [0, 0.05) is 18.0 Å². The van der Waals surface area contributed by atoms with Gasteiger partial charge < -0.3 is 15.0 Å². The van der Waals surface area contributed by atoms with E-state index in [1.54, 1.807) is 0 Å². The fraction of sp³-hybridized carbons (Fsp3) is 0.429. The minimum atomic E-state index is -0.129. The molecule has 0 aliphatic carbocycles. The molecule has 106 valence electrons.